The summed E-state index contributed by atoms with van der Waals surface area (Å²) in [5, 5.41) is 6.69. The van der Waals surface area contributed by atoms with Crippen LogP contribution < -0.4 is 10.6 Å². The molecule has 1 heterocycles. The number of anilines is 1. The van der Waals surface area contributed by atoms with Crippen molar-refractivity contribution in [1.82, 2.24) is 10.3 Å². The number of nitrogens with zero attached hydrogens (tertiary/aromatic N) is 1. The Morgan fingerprint density at radius 1 is 1.18 bits per heavy atom. The van der Waals surface area contributed by atoms with Crippen LogP contribution in [-0.2, 0) is 6.54 Å². The number of hydrogen-bond acceptors (Lipinski definition) is 3. The molecule has 0 spiro atoms. The molecule has 0 radical (unpaired) electrons. The SMILES string of the molecule is CCNCc1ccc(NCC(CC)CC)nc1. The van der Waals surface area contributed by atoms with Gasteiger partial charge in [-0.25, -0.2) is 4.98 Å². The van der Waals surface area contributed by atoms with Gasteiger partial charge in [-0.1, -0.05) is 39.7 Å². The molecule has 1 aromatic heterocycles. The fourth-order valence-corrected chi connectivity index (χ4v) is 1.73. The lowest BCUT2D eigenvalue weighted by atomic mass is 10.0. The van der Waals surface area contributed by atoms with Gasteiger partial charge in [-0.2, -0.15) is 0 Å². The summed E-state index contributed by atoms with van der Waals surface area (Å²) in [6.45, 7) is 9.50. The van der Waals surface area contributed by atoms with Crippen molar-refractivity contribution in [1.29, 1.82) is 0 Å². The molecule has 0 atom stereocenters. The van der Waals surface area contributed by atoms with E-state index in [1.54, 1.807) is 0 Å². The second-order valence-corrected chi connectivity index (χ2v) is 4.40. The highest BCUT2D eigenvalue weighted by Gasteiger charge is 2.03. The monoisotopic (exact) mass is 235 g/mol. The molecule has 3 nitrogen and oxygen atoms in total. The summed E-state index contributed by atoms with van der Waals surface area (Å²) < 4.78 is 0. The molecule has 3 heteroatoms. The summed E-state index contributed by atoms with van der Waals surface area (Å²) in [6, 6.07) is 4.19. The molecule has 96 valence electrons. The van der Waals surface area contributed by atoms with Gasteiger partial charge < -0.3 is 10.6 Å². The van der Waals surface area contributed by atoms with Crippen LogP contribution in [-0.4, -0.2) is 18.1 Å². The molecule has 0 amide bonds. The van der Waals surface area contributed by atoms with Crippen molar-refractivity contribution >= 4 is 5.82 Å². The number of pyridine rings is 1. The zero-order valence-corrected chi connectivity index (χ0v) is 11.3. The Morgan fingerprint density at radius 2 is 1.94 bits per heavy atom. The third-order valence-electron chi connectivity index (χ3n) is 3.13. The fraction of sp³-hybridized carbons (Fsp3) is 0.643. The van der Waals surface area contributed by atoms with Crippen LogP contribution in [0.1, 0.15) is 39.2 Å². The maximum atomic E-state index is 4.42. The van der Waals surface area contributed by atoms with Crippen LogP contribution in [0.2, 0.25) is 0 Å². The smallest absolute Gasteiger partial charge is 0.125 e. The fourth-order valence-electron chi connectivity index (χ4n) is 1.73. The number of aromatic nitrogens is 1. The first-order valence-electron chi connectivity index (χ1n) is 6.69. The van der Waals surface area contributed by atoms with Gasteiger partial charge in [0.25, 0.3) is 0 Å². The third kappa shape index (κ3) is 5.18. The molecule has 0 saturated heterocycles. The maximum Gasteiger partial charge on any atom is 0.125 e. The largest absolute Gasteiger partial charge is 0.370 e. The number of hydrogen-bond donors (Lipinski definition) is 2. The zero-order valence-electron chi connectivity index (χ0n) is 11.3. The van der Waals surface area contributed by atoms with E-state index in [1.165, 1.54) is 18.4 Å². The van der Waals surface area contributed by atoms with Crippen LogP contribution in [0.15, 0.2) is 18.3 Å². The molecule has 1 aromatic rings. The van der Waals surface area contributed by atoms with Crippen LogP contribution in [0.3, 0.4) is 0 Å². The highest BCUT2D eigenvalue weighted by atomic mass is 15.0. The van der Waals surface area contributed by atoms with E-state index < -0.39 is 0 Å². The van der Waals surface area contributed by atoms with E-state index in [0.717, 1.165) is 31.4 Å². The lowest BCUT2D eigenvalue weighted by molar-refractivity contribution is 0.518. The topological polar surface area (TPSA) is 37.0 Å². The van der Waals surface area contributed by atoms with E-state index in [9.17, 15) is 0 Å². The van der Waals surface area contributed by atoms with Crippen LogP contribution in [0.4, 0.5) is 5.82 Å². The van der Waals surface area contributed by atoms with Crippen molar-refractivity contribution in [3.05, 3.63) is 23.9 Å². The molecule has 1 rings (SSSR count). The van der Waals surface area contributed by atoms with E-state index in [-0.39, 0.29) is 0 Å². The quantitative estimate of drug-likeness (QED) is 0.727. The first kappa shape index (κ1) is 14.0. The molecule has 0 unspecified atom stereocenters. The maximum absolute atomic E-state index is 4.42. The molecule has 0 saturated carbocycles. The molecule has 0 aliphatic heterocycles. The van der Waals surface area contributed by atoms with Crippen molar-refractivity contribution in [2.24, 2.45) is 5.92 Å². The van der Waals surface area contributed by atoms with E-state index in [2.05, 4.69) is 48.5 Å². The Kier molecular flexibility index (Phi) is 6.63. The van der Waals surface area contributed by atoms with Crippen LogP contribution in [0.25, 0.3) is 0 Å². The minimum Gasteiger partial charge on any atom is -0.370 e. The molecular weight excluding hydrogens is 210 g/mol. The normalized spacial score (nSPS) is 10.8. The van der Waals surface area contributed by atoms with Gasteiger partial charge in [0.05, 0.1) is 0 Å². The summed E-state index contributed by atoms with van der Waals surface area (Å²) >= 11 is 0. The summed E-state index contributed by atoms with van der Waals surface area (Å²) in [4.78, 5) is 4.42. The van der Waals surface area contributed by atoms with Gasteiger partial charge in [0.1, 0.15) is 5.82 Å². The summed E-state index contributed by atoms with van der Waals surface area (Å²) in [5.41, 5.74) is 1.24. The van der Waals surface area contributed by atoms with Crippen LogP contribution in [0, 0.1) is 5.92 Å². The van der Waals surface area contributed by atoms with Crippen LogP contribution in [0.5, 0.6) is 0 Å². The molecule has 2 N–H and O–H groups in total. The predicted molar refractivity (Wildman–Crippen MR) is 74.2 cm³/mol. The second-order valence-electron chi connectivity index (χ2n) is 4.40. The zero-order chi connectivity index (χ0) is 12.5. The summed E-state index contributed by atoms with van der Waals surface area (Å²) in [7, 11) is 0. The van der Waals surface area contributed by atoms with Gasteiger partial charge in [0, 0.05) is 19.3 Å². The van der Waals surface area contributed by atoms with E-state index in [4.69, 9.17) is 0 Å². The van der Waals surface area contributed by atoms with Crippen LogP contribution >= 0.6 is 0 Å². The molecule has 0 aliphatic rings. The van der Waals surface area contributed by atoms with Crippen molar-refractivity contribution in [2.45, 2.75) is 40.2 Å². The van der Waals surface area contributed by atoms with Gasteiger partial charge in [0.15, 0.2) is 0 Å². The van der Waals surface area contributed by atoms with Gasteiger partial charge >= 0.3 is 0 Å². The molecule has 0 bridgehead atoms. The van der Waals surface area contributed by atoms with E-state index >= 15 is 0 Å². The lowest BCUT2D eigenvalue weighted by Crippen LogP contribution is -2.14. The Hall–Kier alpha value is -1.09. The van der Waals surface area contributed by atoms with Crippen molar-refractivity contribution in [2.75, 3.05) is 18.4 Å². The molecule has 17 heavy (non-hydrogen) atoms. The first-order valence-corrected chi connectivity index (χ1v) is 6.69. The highest BCUT2D eigenvalue weighted by molar-refractivity contribution is 5.35. The average molecular weight is 235 g/mol. The second kappa shape index (κ2) is 8.07. The van der Waals surface area contributed by atoms with Crippen molar-refractivity contribution in [3.63, 3.8) is 0 Å². The Bertz CT molecular complexity index is 291. The highest BCUT2D eigenvalue weighted by Crippen LogP contribution is 2.10. The first-order chi connectivity index (χ1) is 8.30. The van der Waals surface area contributed by atoms with Gasteiger partial charge in [-0.15, -0.1) is 0 Å². The van der Waals surface area contributed by atoms with E-state index in [1.807, 2.05) is 6.20 Å². The predicted octanol–water partition coefficient (Wildman–Crippen LogP) is 3.04. The van der Waals surface area contributed by atoms with Crippen molar-refractivity contribution < 1.29 is 0 Å². The molecule has 0 aliphatic carbocycles. The molecule has 0 fully saturated rings. The number of rotatable bonds is 8. The Morgan fingerprint density at radius 3 is 2.47 bits per heavy atom. The van der Waals surface area contributed by atoms with E-state index in [0.29, 0.717) is 0 Å². The lowest BCUT2D eigenvalue weighted by Gasteiger charge is -2.13. The van der Waals surface area contributed by atoms with Crippen molar-refractivity contribution in [3.8, 4) is 0 Å². The number of nitrogens with one attached hydrogen (secondary N) is 2. The van der Waals surface area contributed by atoms with Gasteiger partial charge in [0.2, 0.25) is 0 Å². The van der Waals surface area contributed by atoms with Gasteiger partial charge in [-0.3, -0.25) is 0 Å². The molecule has 0 aromatic carbocycles. The van der Waals surface area contributed by atoms with Gasteiger partial charge in [-0.05, 0) is 24.1 Å². The summed E-state index contributed by atoms with van der Waals surface area (Å²) in [6.07, 6.45) is 4.39. The molecular formula is C14H25N3. The Labute approximate surface area is 105 Å². The third-order valence-corrected chi connectivity index (χ3v) is 3.13. The minimum absolute atomic E-state index is 0.748. The standard InChI is InChI=1S/C14H25N3/c1-4-12(5-2)10-16-14-8-7-13(11-17-14)9-15-6-3/h7-8,11-12,15H,4-6,9-10H2,1-3H3,(H,16,17). The average Bonchev–Trinajstić information content (AvgIpc) is 2.39. The summed E-state index contributed by atoms with van der Waals surface area (Å²) in [5.74, 6) is 1.73. The minimum atomic E-state index is 0.748. The Balaban J connectivity index is 2.39.